The Kier molecular flexibility index (Phi) is 4.72. The van der Waals surface area contributed by atoms with Crippen molar-refractivity contribution in [1.82, 2.24) is 5.01 Å². The maximum Gasteiger partial charge on any atom is 0.527 e. The Morgan fingerprint density at radius 2 is 2.00 bits per heavy atom. The van der Waals surface area contributed by atoms with E-state index in [1.807, 2.05) is 0 Å². The zero-order chi connectivity index (χ0) is 19.9. The summed E-state index contributed by atoms with van der Waals surface area (Å²) in [6, 6.07) is 3.75. The van der Waals surface area contributed by atoms with Crippen molar-refractivity contribution in [2.24, 2.45) is 5.10 Å². The Labute approximate surface area is 141 Å². The molecule has 0 unspecified atom stereocenters. The maximum absolute atomic E-state index is 13.9. The number of aliphatic hydroxyl groups is 1. The summed E-state index contributed by atoms with van der Waals surface area (Å²) in [5.74, 6) is -1.47. The summed E-state index contributed by atoms with van der Waals surface area (Å²) < 4.78 is 67.3. The molecule has 142 valence electrons. The highest BCUT2D eigenvalue weighted by atomic mass is 19.4. The molecule has 1 aliphatic heterocycles. The maximum atomic E-state index is 13.9. The van der Waals surface area contributed by atoms with Crippen LogP contribution in [0.25, 0.3) is 0 Å². The summed E-state index contributed by atoms with van der Waals surface area (Å²) in [4.78, 5) is 22.2. The summed E-state index contributed by atoms with van der Waals surface area (Å²) in [6.45, 7) is 1.09. The third-order valence-electron chi connectivity index (χ3n) is 3.33. The van der Waals surface area contributed by atoms with Crippen LogP contribution in [-0.2, 0) is 4.74 Å². The molecule has 1 atom stereocenters. The second-order valence-electron chi connectivity index (χ2n) is 5.32. The van der Waals surface area contributed by atoms with Crippen molar-refractivity contribution in [2.45, 2.75) is 31.5 Å². The molecule has 1 heterocycles. The molecule has 26 heavy (non-hydrogen) atoms. The quantitative estimate of drug-likeness (QED) is 0.489. The monoisotopic (exact) mass is 383 g/mol. The van der Waals surface area contributed by atoms with E-state index in [0.29, 0.717) is 6.07 Å². The van der Waals surface area contributed by atoms with Crippen molar-refractivity contribution in [2.75, 3.05) is 0 Å². The minimum atomic E-state index is -5.81. The predicted octanol–water partition coefficient (Wildman–Crippen LogP) is 2.63. The average molecular weight is 383 g/mol. The SMILES string of the molecule is CC1=NN(C(=O)c2cccc([N+](=O)[O-])c2)[C@](O)(C(F)(F)OC(F)(F)F)C1. The minimum absolute atomic E-state index is 0.271. The van der Waals surface area contributed by atoms with Crippen LogP contribution >= 0.6 is 0 Å². The fourth-order valence-corrected chi connectivity index (χ4v) is 2.26. The van der Waals surface area contributed by atoms with Gasteiger partial charge in [-0.3, -0.25) is 14.9 Å². The first-order valence-electron chi connectivity index (χ1n) is 6.77. The first-order chi connectivity index (χ1) is 11.8. The number of nitro groups is 1. The third-order valence-corrected chi connectivity index (χ3v) is 3.33. The Balaban J connectivity index is 2.44. The Bertz CT molecular complexity index is 782. The molecule has 0 bridgehead atoms. The lowest BCUT2D eigenvalue weighted by atomic mass is 10.1. The lowest BCUT2D eigenvalue weighted by molar-refractivity contribution is -0.468. The van der Waals surface area contributed by atoms with Crippen molar-refractivity contribution in [3.05, 3.63) is 39.9 Å². The van der Waals surface area contributed by atoms with Gasteiger partial charge in [-0.2, -0.15) is 18.9 Å². The lowest BCUT2D eigenvalue weighted by Crippen LogP contribution is -2.61. The van der Waals surface area contributed by atoms with Crippen molar-refractivity contribution in [3.8, 4) is 0 Å². The fraction of sp³-hybridized carbons (Fsp3) is 0.385. The number of carbonyl (C=O) groups excluding carboxylic acids is 1. The molecule has 1 aliphatic rings. The first kappa shape index (κ1) is 19.7. The molecule has 1 aromatic rings. The molecule has 1 N–H and O–H groups in total. The van der Waals surface area contributed by atoms with Gasteiger partial charge in [0, 0.05) is 29.8 Å². The van der Waals surface area contributed by atoms with Gasteiger partial charge in [-0.1, -0.05) is 6.07 Å². The van der Waals surface area contributed by atoms with Gasteiger partial charge in [0.1, 0.15) is 0 Å². The average Bonchev–Trinajstić information content (AvgIpc) is 2.81. The number of nitrogens with zero attached hydrogens (tertiary/aromatic N) is 3. The third kappa shape index (κ3) is 3.62. The first-order valence-corrected chi connectivity index (χ1v) is 6.77. The van der Waals surface area contributed by atoms with E-state index in [4.69, 9.17) is 0 Å². The highest BCUT2D eigenvalue weighted by molar-refractivity contribution is 5.98. The van der Waals surface area contributed by atoms with Crippen molar-refractivity contribution >= 4 is 17.3 Å². The van der Waals surface area contributed by atoms with Crippen molar-refractivity contribution in [1.29, 1.82) is 0 Å². The molecule has 0 radical (unpaired) electrons. The van der Waals surface area contributed by atoms with Gasteiger partial charge >= 0.3 is 12.5 Å². The normalized spacial score (nSPS) is 20.9. The van der Waals surface area contributed by atoms with E-state index in [0.717, 1.165) is 25.1 Å². The van der Waals surface area contributed by atoms with Gasteiger partial charge in [0.05, 0.1) is 4.92 Å². The highest BCUT2D eigenvalue weighted by Gasteiger charge is 2.66. The Morgan fingerprint density at radius 3 is 2.54 bits per heavy atom. The number of amides is 1. The predicted molar refractivity (Wildman–Crippen MR) is 74.0 cm³/mol. The number of hydrogen-bond acceptors (Lipinski definition) is 6. The number of hydrogen-bond donors (Lipinski definition) is 1. The van der Waals surface area contributed by atoms with Crippen LogP contribution in [0.5, 0.6) is 0 Å². The topological polar surface area (TPSA) is 105 Å². The van der Waals surface area contributed by atoms with E-state index in [2.05, 4.69) is 9.84 Å². The standard InChI is InChI=1S/C13H10F5N3O5/c1-7-6-11(23,12(14,15)26-13(16,17)18)20(19-7)10(22)8-3-2-4-9(5-8)21(24)25/h2-5,23H,6H2,1H3/t11-/m1/s1. The van der Waals surface area contributed by atoms with E-state index >= 15 is 0 Å². The number of nitro benzene ring substituents is 1. The lowest BCUT2D eigenvalue weighted by Gasteiger charge is -2.36. The number of alkyl halides is 5. The van der Waals surface area contributed by atoms with E-state index in [1.165, 1.54) is 0 Å². The molecule has 2 rings (SSSR count). The molecule has 0 saturated carbocycles. The van der Waals surface area contributed by atoms with Gasteiger partial charge in [-0.05, 0) is 13.0 Å². The van der Waals surface area contributed by atoms with Gasteiger partial charge in [0.25, 0.3) is 17.3 Å². The van der Waals surface area contributed by atoms with Crippen molar-refractivity contribution in [3.63, 3.8) is 0 Å². The largest absolute Gasteiger partial charge is 0.527 e. The summed E-state index contributed by atoms with van der Waals surface area (Å²) in [7, 11) is 0. The molecular formula is C13H10F5N3O5. The Morgan fingerprint density at radius 1 is 1.38 bits per heavy atom. The molecule has 0 saturated heterocycles. The van der Waals surface area contributed by atoms with Crippen LogP contribution < -0.4 is 0 Å². The van der Waals surface area contributed by atoms with E-state index < -0.39 is 46.7 Å². The molecule has 1 aromatic carbocycles. The van der Waals surface area contributed by atoms with Crippen LogP contribution in [0.3, 0.4) is 0 Å². The second kappa shape index (κ2) is 6.25. The molecule has 0 aliphatic carbocycles. The van der Waals surface area contributed by atoms with E-state index in [9.17, 15) is 42.0 Å². The second-order valence-corrected chi connectivity index (χ2v) is 5.32. The number of halogens is 5. The van der Waals surface area contributed by atoms with Gasteiger partial charge in [0.15, 0.2) is 0 Å². The summed E-state index contributed by atoms with van der Waals surface area (Å²) in [5, 5.41) is 23.9. The molecule has 1 amide bonds. The number of ether oxygens (including phenoxy) is 1. The summed E-state index contributed by atoms with van der Waals surface area (Å²) >= 11 is 0. The smallest absolute Gasteiger partial charge is 0.362 e. The van der Waals surface area contributed by atoms with Crippen molar-refractivity contribution < 1.29 is 41.5 Å². The van der Waals surface area contributed by atoms with Crippen LogP contribution in [0, 0.1) is 10.1 Å². The molecule has 0 spiro atoms. The van der Waals surface area contributed by atoms with Gasteiger partial charge in [-0.15, -0.1) is 13.2 Å². The minimum Gasteiger partial charge on any atom is -0.362 e. The Hall–Kier alpha value is -2.67. The zero-order valence-electron chi connectivity index (χ0n) is 12.8. The number of non-ortho nitro benzene ring substituents is 1. The molecule has 0 fully saturated rings. The molecule has 0 aromatic heterocycles. The summed E-state index contributed by atoms with van der Waals surface area (Å²) in [5.41, 5.74) is -5.16. The highest BCUT2D eigenvalue weighted by Crippen LogP contribution is 2.43. The van der Waals surface area contributed by atoms with Gasteiger partial charge in [-0.25, -0.2) is 4.74 Å². The molecular weight excluding hydrogens is 373 g/mol. The number of carbonyl (C=O) groups is 1. The molecule has 13 heteroatoms. The fourth-order valence-electron chi connectivity index (χ4n) is 2.26. The number of hydrazone groups is 1. The van der Waals surface area contributed by atoms with E-state index in [-0.39, 0.29) is 10.7 Å². The summed E-state index contributed by atoms with van der Waals surface area (Å²) in [6.07, 6.45) is -12.2. The molecule has 8 nitrogen and oxygen atoms in total. The van der Waals surface area contributed by atoms with E-state index in [1.54, 1.807) is 0 Å². The van der Waals surface area contributed by atoms with Crippen LogP contribution in [0.1, 0.15) is 23.7 Å². The van der Waals surface area contributed by atoms with Crippen LogP contribution in [0.2, 0.25) is 0 Å². The number of rotatable bonds is 4. The van der Waals surface area contributed by atoms with Crippen LogP contribution in [-0.4, -0.2) is 44.9 Å². The van der Waals surface area contributed by atoms with Gasteiger partial charge < -0.3 is 5.11 Å². The van der Waals surface area contributed by atoms with Gasteiger partial charge in [0.2, 0.25) is 0 Å². The zero-order valence-corrected chi connectivity index (χ0v) is 12.8. The van der Waals surface area contributed by atoms with Crippen LogP contribution in [0.4, 0.5) is 27.6 Å². The van der Waals surface area contributed by atoms with Crippen LogP contribution in [0.15, 0.2) is 29.4 Å². The number of benzene rings is 1.